The van der Waals surface area contributed by atoms with Crippen LogP contribution in [0.2, 0.25) is 0 Å². The molecule has 0 aliphatic rings. The van der Waals surface area contributed by atoms with Gasteiger partial charge in [-0.25, -0.2) is 0 Å². The fourth-order valence-electron chi connectivity index (χ4n) is 3.16. The smallest absolute Gasteiger partial charge is 0.124 e. The Morgan fingerprint density at radius 1 is 0.680 bits per heavy atom. The third kappa shape index (κ3) is 2.97. The number of aromatic nitrogens is 1. The lowest BCUT2D eigenvalue weighted by Crippen LogP contribution is -1.97. The van der Waals surface area contributed by atoms with Gasteiger partial charge in [0.2, 0.25) is 0 Å². The van der Waals surface area contributed by atoms with E-state index in [9.17, 15) is 0 Å². The maximum absolute atomic E-state index is 5.47. The van der Waals surface area contributed by atoms with Gasteiger partial charge in [-0.2, -0.15) is 0 Å². The molecule has 0 radical (unpaired) electrons. The Hall–Kier alpha value is -1.48. The molecular weight excluding hydrogens is 540 g/mol. The quantitative estimate of drug-likeness (QED) is 0.290. The summed E-state index contributed by atoms with van der Waals surface area (Å²) in [7, 11) is 3.35. The summed E-state index contributed by atoms with van der Waals surface area (Å²) in [5, 5.41) is 2.49. The average Bonchev–Trinajstić information content (AvgIpc) is 2.93. The molecule has 0 saturated carbocycles. The van der Waals surface area contributed by atoms with Crippen molar-refractivity contribution in [3.8, 4) is 17.2 Å². The number of ether oxygens (including phenoxy) is 2. The van der Waals surface area contributed by atoms with E-state index in [1.54, 1.807) is 14.2 Å². The number of methoxy groups -OCH3 is 2. The maximum Gasteiger partial charge on any atom is 0.124 e. The Bertz CT molecular complexity index is 1020. The van der Waals surface area contributed by atoms with Crippen LogP contribution in [0.5, 0.6) is 11.5 Å². The molecule has 0 amide bonds. The molecule has 0 saturated heterocycles. The molecule has 0 N–H and O–H groups in total. The molecule has 0 spiro atoms. The van der Waals surface area contributed by atoms with Gasteiger partial charge in [0.15, 0.2) is 0 Å². The fourth-order valence-corrected chi connectivity index (χ4v) is 4.11. The van der Waals surface area contributed by atoms with Crippen LogP contribution in [-0.4, -0.2) is 18.8 Å². The second-order valence-electron chi connectivity index (χ2n) is 5.73. The van der Waals surface area contributed by atoms with Crippen molar-refractivity contribution in [3.05, 3.63) is 61.7 Å². The van der Waals surface area contributed by atoms with Gasteiger partial charge < -0.3 is 14.0 Å². The van der Waals surface area contributed by atoms with Crippen LogP contribution in [0.15, 0.2) is 54.6 Å². The number of hydrogen-bond acceptors (Lipinski definition) is 2. The van der Waals surface area contributed by atoms with E-state index < -0.39 is 0 Å². The van der Waals surface area contributed by atoms with Crippen molar-refractivity contribution in [2.75, 3.05) is 14.2 Å². The molecule has 3 aromatic carbocycles. The standard InChI is InChI=1S/C20H15I2NO2/c1-24-15-9-14(10-16(11-15)25-2)23-19-7-12(21)3-5-17(19)18-6-4-13(22)8-20(18)23/h3-11H,1-2H3. The molecule has 0 fully saturated rings. The second-order valence-corrected chi connectivity index (χ2v) is 8.22. The molecule has 0 atom stereocenters. The van der Waals surface area contributed by atoms with Crippen LogP contribution in [0, 0.1) is 7.14 Å². The van der Waals surface area contributed by atoms with Crippen LogP contribution in [-0.2, 0) is 0 Å². The first-order chi connectivity index (χ1) is 12.1. The van der Waals surface area contributed by atoms with Crippen LogP contribution in [0.4, 0.5) is 0 Å². The summed E-state index contributed by atoms with van der Waals surface area (Å²) in [6, 6.07) is 19.1. The minimum absolute atomic E-state index is 0.778. The highest BCUT2D eigenvalue weighted by atomic mass is 127. The van der Waals surface area contributed by atoms with Gasteiger partial charge in [0.05, 0.1) is 30.9 Å². The number of rotatable bonds is 3. The van der Waals surface area contributed by atoms with E-state index in [-0.39, 0.29) is 0 Å². The first-order valence-corrected chi connectivity index (χ1v) is 9.89. The van der Waals surface area contributed by atoms with Crippen LogP contribution < -0.4 is 9.47 Å². The number of fused-ring (bicyclic) bond motifs is 3. The van der Waals surface area contributed by atoms with Crippen molar-refractivity contribution in [1.29, 1.82) is 0 Å². The Kier molecular flexibility index (Phi) is 4.53. The summed E-state index contributed by atoms with van der Waals surface area (Å²) in [6.45, 7) is 0. The topological polar surface area (TPSA) is 23.4 Å². The number of nitrogens with zero attached hydrogens (tertiary/aromatic N) is 1. The first-order valence-electron chi connectivity index (χ1n) is 7.73. The molecule has 126 valence electrons. The molecule has 4 rings (SSSR count). The van der Waals surface area contributed by atoms with E-state index in [0.717, 1.165) is 17.2 Å². The van der Waals surface area contributed by atoms with Crippen LogP contribution in [0.25, 0.3) is 27.5 Å². The zero-order valence-corrected chi connectivity index (χ0v) is 18.0. The van der Waals surface area contributed by atoms with Gasteiger partial charge >= 0.3 is 0 Å². The average molecular weight is 555 g/mol. The highest BCUT2D eigenvalue weighted by molar-refractivity contribution is 14.1. The summed E-state index contributed by atoms with van der Waals surface area (Å²) in [5.74, 6) is 1.56. The monoisotopic (exact) mass is 555 g/mol. The van der Waals surface area contributed by atoms with E-state index >= 15 is 0 Å². The van der Waals surface area contributed by atoms with Crippen molar-refractivity contribution < 1.29 is 9.47 Å². The van der Waals surface area contributed by atoms with Gasteiger partial charge in [-0.05, 0) is 69.4 Å². The molecule has 0 aliphatic carbocycles. The fraction of sp³-hybridized carbons (Fsp3) is 0.100. The number of hydrogen-bond donors (Lipinski definition) is 0. The van der Waals surface area contributed by atoms with Gasteiger partial charge in [-0.3, -0.25) is 0 Å². The minimum Gasteiger partial charge on any atom is -0.497 e. The molecule has 1 aromatic heterocycles. The highest BCUT2D eigenvalue weighted by Crippen LogP contribution is 2.36. The molecule has 0 aliphatic heterocycles. The summed E-state index contributed by atoms with van der Waals surface area (Å²) in [4.78, 5) is 0. The Balaban J connectivity index is 2.15. The first kappa shape index (κ1) is 17.0. The molecule has 1 heterocycles. The van der Waals surface area contributed by atoms with E-state index in [0.29, 0.717) is 0 Å². The van der Waals surface area contributed by atoms with Gasteiger partial charge in [0, 0.05) is 36.1 Å². The maximum atomic E-state index is 5.47. The van der Waals surface area contributed by atoms with Crippen molar-refractivity contribution in [2.24, 2.45) is 0 Å². The summed E-state index contributed by atoms with van der Waals surface area (Å²) >= 11 is 4.72. The highest BCUT2D eigenvalue weighted by Gasteiger charge is 2.14. The van der Waals surface area contributed by atoms with Crippen LogP contribution >= 0.6 is 45.2 Å². The lowest BCUT2D eigenvalue weighted by molar-refractivity contribution is 0.394. The van der Waals surface area contributed by atoms with Crippen molar-refractivity contribution in [1.82, 2.24) is 4.57 Å². The Morgan fingerprint density at radius 2 is 1.16 bits per heavy atom. The third-order valence-corrected chi connectivity index (χ3v) is 5.63. The Labute approximate surface area is 173 Å². The van der Waals surface area contributed by atoms with Crippen molar-refractivity contribution in [2.45, 2.75) is 0 Å². The molecule has 0 bridgehead atoms. The van der Waals surface area contributed by atoms with Crippen molar-refractivity contribution in [3.63, 3.8) is 0 Å². The van der Waals surface area contributed by atoms with E-state index in [4.69, 9.17) is 9.47 Å². The lowest BCUT2D eigenvalue weighted by atomic mass is 10.2. The van der Waals surface area contributed by atoms with Crippen molar-refractivity contribution >= 4 is 67.0 Å². The van der Waals surface area contributed by atoms with Gasteiger partial charge in [-0.15, -0.1) is 0 Å². The molecule has 3 nitrogen and oxygen atoms in total. The second kappa shape index (κ2) is 6.68. The van der Waals surface area contributed by atoms with Crippen LogP contribution in [0.1, 0.15) is 0 Å². The normalized spacial score (nSPS) is 11.2. The number of halogens is 2. The van der Waals surface area contributed by atoms with Gasteiger partial charge in [0.25, 0.3) is 0 Å². The van der Waals surface area contributed by atoms with E-state index in [2.05, 4.69) is 86.1 Å². The molecule has 4 aromatic rings. The predicted octanol–water partition coefficient (Wildman–Crippen LogP) is 6.01. The molecular formula is C20H15I2NO2. The molecule has 5 heteroatoms. The van der Waals surface area contributed by atoms with E-state index in [1.165, 1.54) is 28.9 Å². The summed E-state index contributed by atoms with van der Waals surface area (Å²) < 4.78 is 15.6. The third-order valence-electron chi connectivity index (χ3n) is 4.29. The largest absolute Gasteiger partial charge is 0.497 e. The van der Waals surface area contributed by atoms with E-state index in [1.807, 2.05) is 18.2 Å². The van der Waals surface area contributed by atoms with Crippen LogP contribution in [0.3, 0.4) is 0 Å². The SMILES string of the molecule is COc1cc(OC)cc(-n2c3cc(I)ccc3c3ccc(I)cc32)c1. The summed E-state index contributed by atoms with van der Waals surface area (Å²) in [6.07, 6.45) is 0. The molecule has 0 unspecified atom stereocenters. The minimum atomic E-state index is 0.778. The number of benzene rings is 3. The Morgan fingerprint density at radius 3 is 1.60 bits per heavy atom. The predicted molar refractivity (Wildman–Crippen MR) is 119 cm³/mol. The zero-order valence-electron chi connectivity index (χ0n) is 13.7. The molecule has 25 heavy (non-hydrogen) atoms. The van der Waals surface area contributed by atoms with Gasteiger partial charge in [-0.1, -0.05) is 12.1 Å². The summed E-state index contributed by atoms with van der Waals surface area (Å²) in [5.41, 5.74) is 3.39. The van der Waals surface area contributed by atoms with Gasteiger partial charge in [0.1, 0.15) is 11.5 Å². The zero-order chi connectivity index (χ0) is 17.6. The lowest BCUT2D eigenvalue weighted by Gasteiger charge is -2.12.